The number of carboxylic acid groups (broad SMARTS) is 1. The third-order valence-electron chi connectivity index (χ3n) is 10.5. The Morgan fingerprint density at radius 2 is 1.09 bits per heavy atom. The van der Waals surface area contributed by atoms with Crippen LogP contribution in [0.3, 0.4) is 0 Å². The summed E-state index contributed by atoms with van der Waals surface area (Å²) in [4.78, 5) is 49.0. The molecule has 0 radical (unpaired) electrons. The van der Waals surface area contributed by atoms with E-state index >= 15 is 0 Å². The van der Waals surface area contributed by atoms with E-state index in [-0.39, 0.29) is 65.3 Å². The molecule has 0 spiro atoms. The number of hydrogen-bond donors (Lipinski definition) is 3. The fourth-order valence-electron chi connectivity index (χ4n) is 7.28. The molecule has 6 aromatic rings. The predicted octanol–water partition coefficient (Wildman–Crippen LogP) is 7.66. The lowest BCUT2D eigenvalue weighted by Crippen LogP contribution is -2.39. The van der Waals surface area contributed by atoms with Gasteiger partial charge < -0.3 is 35.1 Å². The second-order valence-corrected chi connectivity index (χ2v) is 14.6. The van der Waals surface area contributed by atoms with E-state index in [1.165, 1.54) is 51.1 Å². The molecule has 2 aliphatic carbocycles. The zero-order valence-corrected chi connectivity index (χ0v) is 36.0. The summed E-state index contributed by atoms with van der Waals surface area (Å²) in [6, 6.07) is 18.9. The van der Waals surface area contributed by atoms with Gasteiger partial charge in [0.1, 0.15) is 34.3 Å². The molecule has 15 nitrogen and oxygen atoms in total. The van der Waals surface area contributed by atoms with Crippen molar-refractivity contribution in [1.82, 2.24) is 35.2 Å². The molecule has 8 rings (SSSR count). The number of aromatic carboxylic acids is 1. The summed E-state index contributed by atoms with van der Waals surface area (Å²) in [5.41, 5.74) is 7.13. The molecule has 0 aliphatic heterocycles. The number of aromatic nitrogens is 6. The van der Waals surface area contributed by atoms with E-state index in [9.17, 15) is 18.4 Å². The highest BCUT2D eigenvalue weighted by Crippen LogP contribution is 2.31. The molecule has 18 heteroatoms. The molecule has 4 aromatic heterocycles. The van der Waals surface area contributed by atoms with Gasteiger partial charge in [-0.2, -0.15) is 0 Å². The molecule has 4 atom stereocenters. The summed E-state index contributed by atoms with van der Waals surface area (Å²) >= 11 is 0. The van der Waals surface area contributed by atoms with Crippen LogP contribution in [0.15, 0.2) is 110 Å². The van der Waals surface area contributed by atoms with E-state index in [1.54, 1.807) is 79.5 Å². The minimum atomic E-state index is -1.13. The number of carbonyl (C=O) groups is 2. The number of carbonyl (C=O) groups excluding carboxylic acids is 1. The minimum Gasteiger partial charge on any atom is -0.493 e. The number of methoxy groups -OCH3 is 2. The van der Waals surface area contributed by atoms with Crippen molar-refractivity contribution < 1.29 is 42.4 Å². The van der Waals surface area contributed by atoms with Gasteiger partial charge in [0.15, 0.2) is 11.6 Å². The Balaban J connectivity index is 0.000000197. The van der Waals surface area contributed by atoms with Crippen molar-refractivity contribution >= 4 is 24.3 Å². The molecule has 4 N–H and O–H groups in total. The van der Waals surface area contributed by atoms with Crippen LogP contribution < -0.4 is 30.0 Å². The predicted molar refractivity (Wildman–Crippen MR) is 236 cm³/mol. The third kappa shape index (κ3) is 13.1. The van der Waals surface area contributed by atoms with Gasteiger partial charge in [-0.3, -0.25) is 4.79 Å². The normalized spacial score (nSPS) is 17.3. The molecule has 336 valence electrons. The third-order valence-corrected chi connectivity index (χ3v) is 10.5. The number of ether oxygens (including phenoxy) is 4. The molecule has 2 aliphatic rings. The average Bonchev–Trinajstić information content (AvgIpc) is 3.96. The van der Waals surface area contributed by atoms with Gasteiger partial charge in [-0.25, -0.2) is 43.5 Å². The Morgan fingerprint density at radius 1 is 0.641 bits per heavy atom. The molecule has 4 heterocycles. The first-order valence-electron chi connectivity index (χ1n) is 20.3. The fourth-order valence-corrected chi connectivity index (χ4v) is 7.28. The first-order valence-corrected chi connectivity index (χ1v) is 20.3. The molecule has 0 saturated heterocycles. The van der Waals surface area contributed by atoms with Crippen molar-refractivity contribution in [3.05, 3.63) is 133 Å². The number of rotatable bonds is 13. The van der Waals surface area contributed by atoms with Crippen molar-refractivity contribution in [2.75, 3.05) is 27.4 Å². The van der Waals surface area contributed by atoms with Gasteiger partial charge in [-0.1, -0.05) is 12.8 Å². The Morgan fingerprint density at radius 3 is 1.56 bits per heavy atom. The first-order chi connectivity index (χ1) is 30.6. The van der Waals surface area contributed by atoms with Crippen molar-refractivity contribution in [2.45, 2.75) is 50.6 Å². The van der Waals surface area contributed by atoms with E-state index in [0.29, 0.717) is 53.2 Å². The van der Waals surface area contributed by atoms with Gasteiger partial charge in [0, 0.05) is 72.2 Å². The second-order valence-electron chi connectivity index (χ2n) is 14.6. The first kappa shape index (κ1) is 48.2. The highest BCUT2D eigenvalue weighted by atomic mass is 35.5. The summed E-state index contributed by atoms with van der Waals surface area (Å²) < 4.78 is 47.4. The van der Waals surface area contributed by atoms with E-state index in [0.717, 1.165) is 37.9 Å². The summed E-state index contributed by atoms with van der Waals surface area (Å²) in [5, 5.41) is 12.3. The Labute approximate surface area is 375 Å². The number of halogens is 3. The quantitative estimate of drug-likeness (QED) is 0.102. The number of benzene rings is 2. The number of nitrogens with two attached hydrogens (primary N) is 1. The van der Waals surface area contributed by atoms with Gasteiger partial charge >= 0.3 is 5.97 Å². The van der Waals surface area contributed by atoms with Crippen LogP contribution in [-0.2, 0) is 0 Å². The zero-order valence-electron chi connectivity index (χ0n) is 35.2. The van der Waals surface area contributed by atoms with E-state index in [2.05, 4.69) is 35.2 Å². The van der Waals surface area contributed by atoms with Crippen LogP contribution in [0.4, 0.5) is 8.78 Å². The number of nitrogens with one attached hydrogen (secondary N) is 1. The van der Waals surface area contributed by atoms with Crippen molar-refractivity contribution in [3.63, 3.8) is 0 Å². The zero-order chi connectivity index (χ0) is 44.6. The smallest absolute Gasteiger partial charge is 0.341 e. The van der Waals surface area contributed by atoms with Gasteiger partial charge in [0.2, 0.25) is 11.8 Å². The van der Waals surface area contributed by atoms with Gasteiger partial charge in [0.25, 0.3) is 5.91 Å². The van der Waals surface area contributed by atoms with E-state index in [4.69, 9.17) is 29.8 Å². The molecule has 64 heavy (non-hydrogen) atoms. The number of pyridine rings is 2. The minimum absolute atomic E-state index is 0. The molecule has 2 fully saturated rings. The van der Waals surface area contributed by atoms with Crippen LogP contribution in [0.2, 0.25) is 0 Å². The molecular weight excluding hydrogens is 850 g/mol. The van der Waals surface area contributed by atoms with Gasteiger partial charge in [0.05, 0.1) is 27.4 Å². The second kappa shape index (κ2) is 24.1. The van der Waals surface area contributed by atoms with Crippen LogP contribution in [0.1, 0.15) is 59.2 Å². The highest BCUT2D eigenvalue weighted by molar-refractivity contribution is 6.02. The van der Waals surface area contributed by atoms with Crippen molar-refractivity contribution in [1.29, 1.82) is 0 Å². The maximum atomic E-state index is 13.3. The van der Waals surface area contributed by atoms with Gasteiger partial charge in [-0.15, -0.1) is 12.4 Å². The van der Waals surface area contributed by atoms with Crippen LogP contribution in [-0.4, -0.2) is 86.4 Å². The maximum absolute atomic E-state index is 13.3. The Hall–Kier alpha value is -6.85. The number of hydrogen-bond acceptors (Lipinski definition) is 13. The van der Waals surface area contributed by atoms with Crippen molar-refractivity contribution in [3.8, 4) is 46.0 Å². The Bertz CT molecular complexity index is 2390. The van der Waals surface area contributed by atoms with Crippen LogP contribution >= 0.6 is 12.4 Å². The monoisotopic (exact) mass is 898 g/mol. The highest BCUT2D eigenvalue weighted by Gasteiger charge is 2.32. The van der Waals surface area contributed by atoms with Crippen LogP contribution in [0, 0.1) is 23.5 Å². The van der Waals surface area contributed by atoms with Gasteiger partial charge in [-0.05, 0) is 98.5 Å². The summed E-state index contributed by atoms with van der Waals surface area (Å²) in [6.45, 7) is 1.09. The molecule has 0 unspecified atom stereocenters. The molecule has 1 amide bonds. The Kier molecular flexibility index (Phi) is 18.2. The summed E-state index contributed by atoms with van der Waals surface area (Å²) in [7, 11) is 2.84. The molecule has 2 aromatic carbocycles. The average molecular weight is 899 g/mol. The lowest BCUT2D eigenvalue weighted by atomic mass is 10.0. The fraction of sp³-hybridized carbons (Fsp3) is 0.304. The maximum Gasteiger partial charge on any atom is 0.341 e. The summed E-state index contributed by atoms with van der Waals surface area (Å²) in [6.07, 6.45) is 15.6. The lowest BCUT2D eigenvalue weighted by Gasteiger charge is -2.22. The largest absolute Gasteiger partial charge is 0.493 e. The van der Waals surface area contributed by atoms with E-state index in [1.807, 2.05) is 0 Å². The number of carboxylic acids is 1. The van der Waals surface area contributed by atoms with Crippen LogP contribution in [0.25, 0.3) is 22.8 Å². The molecule has 2 saturated carbocycles. The van der Waals surface area contributed by atoms with Crippen molar-refractivity contribution in [2.24, 2.45) is 17.6 Å². The molecule has 0 bridgehead atoms. The lowest BCUT2D eigenvalue weighted by molar-refractivity contribution is 0.0692. The number of amides is 1. The standard InChI is InChI=1S/C23H23FN4O3.C12H16FNO.C11H9N3O3.ClH/c1-30-23-20(18(10-13-27-23)21-25-11-3-12-26-21)22(29)28-19-5-2-4-15(19)14-31-17-8-6-16(24)7-9-17;13-10-4-6-11(7-5-10)15-8-9-2-1-3-12(9)14;1-17-10-8(11(15)16)7(3-6-14-10)9-12-4-2-5-13-9;/h3,6-13,15,19H,2,4-5,14H2,1H3,(H,28,29);4-7,9,12H,1-3,8,14H2;2-6H,1H3,(H,15,16);1H/t15-,19+;9-,12+;;/m11../s1. The number of nitrogens with zero attached hydrogens (tertiary/aromatic N) is 6. The van der Waals surface area contributed by atoms with Crippen LogP contribution in [0.5, 0.6) is 23.3 Å². The van der Waals surface area contributed by atoms with E-state index < -0.39 is 5.97 Å². The topological polar surface area (TPSA) is 207 Å². The summed E-state index contributed by atoms with van der Waals surface area (Å²) in [5.74, 6) is 0.989. The SMILES string of the molecule is COc1nccc(-c2ncccn2)c1C(=O)N[C@H]1CCC[C@@H]1COc1ccc(F)cc1.COc1nccc(-c2ncccn2)c1C(=O)O.Cl.N[C@H]1CCC[C@@H]1COc1ccc(F)cc1. The molecular formula is C46H49ClF2N8O7.